The molecule has 0 bridgehead atoms. The molecule has 3 aromatic heterocycles. The van der Waals surface area contributed by atoms with E-state index in [1.807, 2.05) is 12.1 Å². The third-order valence-corrected chi connectivity index (χ3v) is 3.00. The van der Waals surface area contributed by atoms with Gasteiger partial charge in [0.15, 0.2) is 0 Å². The molecule has 0 amide bonds. The highest BCUT2D eigenvalue weighted by Crippen LogP contribution is 2.24. The number of pyridine rings is 2. The molecule has 5 heteroatoms. The number of hydrogen-bond donors (Lipinski definition) is 1. The van der Waals surface area contributed by atoms with Gasteiger partial charge in [-0.15, -0.1) is 0 Å². The molecule has 3 heterocycles. The lowest BCUT2D eigenvalue weighted by atomic mass is 10.1. The van der Waals surface area contributed by atoms with Gasteiger partial charge in [-0.05, 0) is 30.8 Å². The molecule has 0 aliphatic heterocycles. The highest BCUT2D eigenvalue weighted by Gasteiger charge is 2.13. The molecule has 0 aliphatic rings. The summed E-state index contributed by atoms with van der Waals surface area (Å²) in [7, 11) is 0. The zero-order chi connectivity index (χ0) is 13.2. The zero-order valence-corrected chi connectivity index (χ0v) is 10.3. The Kier molecular flexibility index (Phi) is 2.97. The number of nitrogens with zero attached hydrogens (tertiary/aromatic N) is 3. The molecule has 0 aliphatic carbocycles. The van der Waals surface area contributed by atoms with Gasteiger partial charge in [0.1, 0.15) is 11.5 Å². The highest BCUT2D eigenvalue weighted by atomic mass is 19.1. The number of imidazole rings is 1. The zero-order valence-electron chi connectivity index (χ0n) is 10.3. The summed E-state index contributed by atoms with van der Waals surface area (Å²) in [6, 6.07) is 6.86. The predicted octanol–water partition coefficient (Wildman–Crippen LogP) is 2.04. The van der Waals surface area contributed by atoms with Crippen LogP contribution in [0.1, 0.15) is 5.69 Å². The van der Waals surface area contributed by atoms with Gasteiger partial charge in [-0.1, -0.05) is 0 Å². The number of rotatable bonds is 3. The normalized spacial score (nSPS) is 11.1. The minimum absolute atomic E-state index is 0.291. The van der Waals surface area contributed by atoms with Crippen molar-refractivity contribution in [3.8, 4) is 11.3 Å². The van der Waals surface area contributed by atoms with Crippen LogP contribution in [0, 0.1) is 5.82 Å². The summed E-state index contributed by atoms with van der Waals surface area (Å²) in [6.07, 6.45) is 5.53. The molecule has 2 N–H and O–H groups in total. The van der Waals surface area contributed by atoms with Crippen molar-refractivity contribution in [1.82, 2.24) is 14.4 Å². The fourth-order valence-corrected chi connectivity index (χ4v) is 2.18. The maximum absolute atomic E-state index is 13.4. The Balaban J connectivity index is 2.26. The van der Waals surface area contributed by atoms with E-state index in [-0.39, 0.29) is 5.82 Å². The first kappa shape index (κ1) is 11.8. The second kappa shape index (κ2) is 4.78. The van der Waals surface area contributed by atoms with Crippen molar-refractivity contribution in [2.24, 2.45) is 5.73 Å². The SMILES string of the molecule is NCCc1c(-c2cccnc2)nc2ccc(F)cn12. The van der Waals surface area contributed by atoms with Crippen molar-refractivity contribution in [3.05, 3.63) is 54.4 Å². The van der Waals surface area contributed by atoms with E-state index in [9.17, 15) is 4.39 Å². The van der Waals surface area contributed by atoms with Crippen LogP contribution in [0.25, 0.3) is 16.9 Å². The van der Waals surface area contributed by atoms with Crippen LogP contribution in [0.3, 0.4) is 0 Å². The van der Waals surface area contributed by atoms with E-state index in [2.05, 4.69) is 9.97 Å². The molecule has 96 valence electrons. The molecule has 0 spiro atoms. The van der Waals surface area contributed by atoms with Gasteiger partial charge in [-0.2, -0.15) is 0 Å². The van der Waals surface area contributed by atoms with Gasteiger partial charge in [0.05, 0.1) is 11.4 Å². The second-order valence-electron chi connectivity index (χ2n) is 4.26. The van der Waals surface area contributed by atoms with Crippen LogP contribution < -0.4 is 5.73 Å². The average Bonchev–Trinajstić information content (AvgIpc) is 2.79. The van der Waals surface area contributed by atoms with Gasteiger partial charge in [0.25, 0.3) is 0 Å². The summed E-state index contributed by atoms with van der Waals surface area (Å²) >= 11 is 0. The molecule has 0 unspecified atom stereocenters. The minimum atomic E-state index is -0.291. The monoisotopic (exact) mass is 256 g/mol. The molecule has 4 nitrogen and oxygen atoms in total. The molecule has 0 saturated heterocycles. The molecule has 0 fully saturated rings. The fraction of sp³-hybridized carbons (Fsp3) is 0.143. The van der Waals surface area contributed by atoms with Crippen LogP contribution in [0.2, 0.25) is 0 Å². The summed E-state index contributed by atoms with van der Waals surface area (Å²) in [6.45, 7) is 0.484. The average molecular weight is 256 g/mol. The van der Waals surface area contributed by atoms with Crippen molar-refractivity contribution >= 4 is 5.65 Å². The number of aromatic nitrogens is 3. The van der Waals surface area contributed by atoms with E-state index in [0.29, 0.717) is 18.6 Å². The van der Waals surface area contributed by atoms with E-state index in [1.54, 1.807) is 22.9 Å². The maximum Gasteiger partial charge on any atom is 0.139 e. The lowest BCUT2D eigenvalue weighted by Gasteiger charge is -2.03. The van der Waals surface area contributed by atoms with Crippen molar-refractivity contribution < 1.29 is 4.39 Å². The van der Waals surface area contributed by atoms with Gasteiger partial charge in [0.2, 0.25) is 0 Å². The predicted molar refractivity (Wildman–Crippen MR) is 71.1 cm³/mol. The van der Waals surface area contributed by atoms with E-state index in [4.69, 9.17) is 5.73 Å². The van der Waals surface area contributed by atoms with Crippen molar-refractivity contribution in [2.45, 2.75) is 6.42 Å². The van der Waals surface area contributed by atoms with E-state index in [1.165, 1.54) is 12.3 Å². The van der Waals surface area contributed by atoms with Crippen molar-refractivity contribution in [3.63, 3.8) is 0 Å². The van der Waals surface area contributed by atoms with Crippen LogP contribution >= 0.6 is 0 Å². The fourth-order valence-electron chi connectivity index (χ4n) is 2.18. The van der Waals surface area contributed by atoms with Crippen molar-refractivity contribution in [2.75, 3.05) is 6.54 Å². The van der Waals surface area contributed by atoms with Crippen LogP contribution in [0.4, 0.5) is 4.39 Å². The van der Waals surface area contributed by atoms with E-state index >= 15 is 0 Å². The Labute approximate surface area is 109 Å². The Bertz CT molecular complexity index is 706. The largest absolute Gasteiger partial charge is 0.330 e. The van der Waals surface area contributed by atoms with Gasteiger partial charge < -0.3 is 10.1 Å². The van der Waals surface area contributed by atoms with Crippen LogP contribution in [0.5, 0.6) is 0 Å². The molecular weight excluding hydrogens is 243 g/mol. The van der Waals surface area contributed by atoms with Gasteiger partial charge in [0, 0.05) is 30.6 Å². The van der Waals surface area contributed by atoms with Gasteiger partial charge in [-0.3, -0.25) is 4.98 Å². The number of nitrogens with two attached hydrogens (primary N) is 1. The second-order valence-corrected chi connectivity index (χ2v) is 4.26. The first-order chi connectivity index (χ1) is 9.29. The van der Waals surface area contributed by atoms with E-state index in [0.717, 1.165) is 17.0 Å². The Morgan fingerprint density at radius 1 is 1.26 bits per heavy atom. The summed E-state index contributed by atoms with van der Waals surface area (Å²) in [4.78, 5) is 8.64. The third kappa shape index (κ3) is 2.08. The molecule has 0 atom stereocenters. The van der Waals surface area contributed by atoms with Crippen molar-refractivity contribution in [1.29, 1.82) is 0 Å². The topological polar surface area (TPSA) is 56.2 Å². The molecule has 19 heavy (non-hydrogen) atoms. The Hall–Kier alpha value is -2.27. The van der Waals surface area contributed by atoms with E-state index < -0.39 is 0 Å². The summed E-state index contributed by atoms with van der Waals surface area (Å²) in [5, 5.41) is 0. The molecular formula is C14H13FN4. The smallest absolute Gasteiger partial charge is 0.139 e. The standard InChI is InChI=1S/C14H13FN4/c15-11-3-4-13-18-14(10-2-1-7-17-8-10)12(5-6-16)19(13)9-11/h1-4,7-9H,5-6,16H2. The number of halogens is 1. The molecule has 0 saturated carbocycles. The van der Waals surface area contributed by atoms with Crippen LogP contribution in [-0.2, 0) is 6.42 Å². The number of hydrogen-bond acceptors (Lipinski definition) is 3. The molecule has 3 rings (SSSR count). The summed E-state index contributed by atoms with van der Waals surface area (Å²) in [5.41, 5.74) is 8.99. The van der Waals surface area contributed by atoms with Gasteiger partial charge >= 0.3 is 0 Å². The van der Waals surface area contributed by atoms with Crippen LogP contribution in [-0.4, -0.2) is 20.9 Å². The lowest BCUT2D eigenvalue weighted by Crippen LogP contribution is -2.06. The highest BCUT2D eigenvalue weighted by molar-refractivity contribution is 5.65. The lowest BCUT2D eigenvalue weighted by molar-refractivity contribution is 0.617. The molecule has 0 aromatic carbocycles. The maximum atomic E-state index is 13.4. The molecule has 3 aromatic rings. The Morgan fingerprint density at radius 3 is 2.89 bits per heavy atom. The third-order valence-electron chi connectivity index (χ3n) is 3.00. The number of fused-ring (bicyclic) bond motifs is 1. The summed E-state index contributed by atoms with van der Waals surface area (Å²) in [5.74, 6) is -0.291. The molecule has 0 radical (unpaired) electrons. The van der Waals surface area contributed by atoms with Crippen LogP contribution in [0.15, 0.2) is 42.9 Å². The quantitative estimate of drug-likeness (QED) is 0.780. The minimum Gasteiger partial charge on any atom is -0.330 e. The summed E-state index contributed by atoms with van der Waals surface area (Å²) < 4.78 is 15.1. The first-order valence-corrected chi connectivity index (χ1v) is 6.06. The first-order valence-electron chi connectivity index (χ1n) is 6.06. The van der Waals surface area contributed by atoms with Gasteiger partial charge in [-0.25, -0.2) is 9.37 Å². The Morgan fingerprint density at radius 2 is 2.16 bits per heavy atom.